The number of nitrogens with zero attached hydrogens (tertiary/aromatic N) is 2. The zero-order valence-corrected chi connectivity index (χ0v) is 15.0. The van der Waals surface area contributed by atoms with Gasteiger partial charge in [0.1, 0.15) is 0 Å². The summed E-state index contributed by atoms with van der Waals surface area (Å²) in [5.74, 6) is -0.180. The van der Waals surface area contributed by atoms with Crippen molar-refractivity contribution in [2.75, 3.05) is 7.11 Å². The second kappa shape index (κ2) is 7.59. The number of amides is 1. The number of thioether (sulfide) groups is 1. The normalized spacial score (nSPS) is 16.8. The van der Waals surface area contributed by atoms with Gasteiger partial charge in [-0.05, 0) is 41.6 Å². The van der Waals surface area contributed by atoms with Crippen molar-refractivity contribution in [1.82, 2.24) is 5.32 Å². The summed E-state index contributed by atoms with van der Waals surface area (Å²) in [7, 11) is 1.36. The molecule has 0 saturated carbocycles. The Labute approximate surface area is 157 Å². The molecule has 7 nitrogen and oxygen atoms in total. The van der Waals surface area contributed by atoms with E-state index in [1.165, 1.54) is 19.2 Å². The summed E-state index contributed by atoms with van der Waals surface area (Å²) in [4.78, 5) is 27.4. The molecule has 1 aliphatic heterocycles. The van der Waals surface area contributed by atoms with Gasteiger partial charge in [-0.2, -0.15) is 0 Å². The summed E-state index contributed by atoms with van der Waals surface area (Å²) < 4.78 is 4.97. The highest BCUT2D eigenvalue weighted by Gasteiger charge is 2.24. The molecule has 1 aliphatic rings. The molecule has 1 saturated heterocycles. The van der Waals surface area contributed by atoms with Crippen LogP contribution < -0.4 is 10.1 Å². The molecule has 0 spiro atoms. The average Bonchev–Trinajstić information content (AvgIpc) is 2.96. The van der Waals surface area contributed by atoms with Gasteiger partial charge >= 0.3 is 5.69 Å². The van der Waals surface area contributed by atoms with E-state index in [-0.39, 0.29) is 17.3 Å². The van der Waals surface area contributed by atoms with Gasteiger partial charge in [0.15, 0.2) is 10.9 Å². The lowest BCUT2D eigenvalue weighted by Crippen LogP contribution is -2.19. The van der Waals surface area contributed by atoms with Gasteiger partial charge in [0, 0.05) is 6.07 Å². The minimum Gasteiger partial charge on any atom is -0.490 e. The van der Waals surface area contributed by atoms with Gasteiger partial charge in [0.25, 0.3) is 5.91 Å². The number of para-hydroxylation sites is 1. The van der Waals surface area contributed by atoms with Crippen molar-refractivity contribution in [2.45, 2.75) is 0 Å². The molecule has 2 aromatic rings. The molecule has 2 aromatic carbocycles. The number of carbonyl (C=O) groups excluding carboxylic acids is 1. The van der Waals surface area contributed by atoms with E-state index in [1.54, 1.807) is 36.4 Å². The molecule has 0 unspecified atom stereocenters. The Morgan fingerprint density at radius 1 is 1.31 bits per heavy atom. The molecule has 0 radical (unpaired) electrons. The number of halogens is 1. The SMILES string of the molecule is COc1ccc(C=C2SC(=Nc3ccccc3Cl)NC2=O)cc1[N+](=O)[O-]. The van der Waals surface area contributed by atoms with Gasteiger partial charge in [-0.25, -0.2) is 4.99 Å². The lowest BCUT2D eigenvalue weighted by Gasteiger charge is -2.02. The smallest absolute Gasteiger partial charge is 0.311 e. The molecular formula is C17H12ClN3O4S. The Kier molecular flexibility index (Phi) is 5.24. The number of nitro benzene ring substituents is 1. The van der Waals surface area contributed by atoms with Crippen LogP contribution in [0.1, 0.15) is 5.56 Å². The van der Waals surface area contributed by atoms with Crippen LogP contribution >= 0.6 is 23.4 Å². The van der Waals surface area contributed by atoms with Crippen LogP contribution in [0.2, 0.25) is 5.02 Å². The number of nitro groups is 1. The standard InChI is InChI=1S/C17H12ClN3O4S/c1-25-14-7-6-10(8-13(14)21(23)24)9-15-16(22)20-17(26-15)19-12-5-3-2-4-11(12)18/h2-9H,1H3,(H,19,20,22). The number of rotatable bonds is 4. The molecule has 26 heavy (non-hydrogen) atoms. The maximum absolute atomic E-state index is 12.1. The number of benzene rings is 2. The average molecular weight is 390 g/mol. The first kappa shape index (κ1) is 18.0. The number of nitrogens with one attached hydrogen (secondary N) is 1. The molecule has 0 aliphatic carbocycles. The fourth-order valence-corrected chi connectivity index (χ4v) is 3.24. The van der Waals surface area contributed by atoms with Crippen molar-refractivity contribution in [3.8, 4) is 5.75 Å². The van der Waals surface area contributed by atoms with Gasteiger partial charge in [0.05, 0.1) is 27.6 Å². The molecule has 1 amide bonds. The fourth-order valence-electron chi connectivity index (χ4n) is 2.22. The summed E-state index contributed by atoms with van der Waals surface area (Å²) in [5.41, 5.74) is 0.877. The Morgan fingerprint density at radius 3 is 2.77 bits per heavy atom. The summed E-state index contributed by atoms with van der Waals surface area (Å²) >= 11 is 7.19. The van der Waals surface area contributed by atoms with E-state index in [0.29, 0.717) is 26.3 Å². The second-order valence-electron chi connectivity index (χ2n) is 5.12. The summed E-state index contributed by atoms with van der Waals surface area (Å²) in [5, 5.41) is 14.6. The second-order valence-corrected chi connectivity index (χ2v) is 6.56. The molecule has 0 aromatic heterocycles. The maximum atomic E-state index is 12.1. The van der Waals surface area contributed by atoms with Crippen LogP contribution in [0.4, 0.5) is 11.4 Å². The zero-order valence-electron chi connectivity index (χ0n) is 13.4. The number of hydrogen-bond donors (Lipinski definition) is 1. The highest BCUT2D eigenvalue weighted by atomic mass is 35.5. The van der Waals surface area contributed by atoms with E-state index in [1.807, 2.05) is 0 Å². The number of carbonyl (C=O) groups is 1. The quantitative estimate of drug-likeness (QED) is 0.481. The van der Waals surface area contributed by atoms with Crippen LogP contribution in [0.5, 0.6) is 5.75 Å². The third-order valence-electron chi connectivity index (χ3n) is 3.42. The van der Waals surface area contributed by atoms with E-state index < -0.39 is 4.92 Å². The van der Waals surface area contributed by atoms with Crippen LogP contribution in [0.25, 0.3) is 6.08 Å². The predicted molar refractivity (Wildman–Crippen MR) is 102 cm³/mol. The summed E-state index contributed by atoms with van der Waals surface area (Å²) in [6.07, 6.45) is 1.56. The van der Waals surface area contributed by atoms with Gasteiger partial charge in [-0.1, -0.05) is 29.8 Å². The largest absolute Gasteiger partial charge is 0.490 e. The van der Waals surface area contributed by atoms with E-state index in [2.05, 4.69) is 10.3 Å². The van der Waals surface area contributed by atoms with E-state index in [9.17, 15) is 14.9 Å². The van der Waals surface area contributed by atoms with Crippen LogP contribution in [0.3, 0.4) is 0 Å². The van der Waals surface area contributed by atoms with Crippen molar-refractivity contribution < 1.29 is 14.5 Å². The molecule has 0 atom stereocenters. The van der Waals surface area contributed by atoms with Crippen LogP contribution in [-0.2, 0) is 4.79 Å². The molecule has 3 rings (SSSR count). The third-order valence-corrected chi connectivity index (χ3v) is 4.65. The minimum absolute atomic E-state index is 0.154. The van der Waals surface area contributed by atoms with Crippen LogP contribution in [0.15, 0.2) is 52.4 Å². The number of aliphatic imine (C=N–C) groups is 1. The first-order chi connectivity index (χ1) is 12.5. The predicted octanol–water partition coefficient (Wildman–Crippen LogP) is 4.15. The first-order valence-corrected chi connectivity index (χ1v) is 8.54. The van der Waals surface area contributed by atoms with Crippen molar-refractivity contribution in [3.05, 3.63) is 68.1 Å². The van der Waals surface area contributed by atoms with Gasteiger partial charge < -0.3 is 10.1 Å². The summed E-state index contributed by atoms with van der Waals surface area (Å²) in [6, 6.07) is 11.5. The monoisotopic (exact) mass is 389 g/mol. The molecule has 9 heteroatoms. The van der Waals surface area contributed by atoms with Gasteiger partial charge in [0.2, 0.25) is 0 Å². The van der Waals surface area contributed by atoms with Crippen molar-refractivity contribution in [2.24, 2.45) is 4.99 Å². The molecule has 1 heterocycles. The number of methoxy groups -OCH3 is 1. The Balaban J connectivity index is 1.89. The van der Waals surface area contributed by atoms with Gasteiger partial charge in [-0.15, -0.1) is 0 Å². The van der Waals surface area contributed by atoms with E-state index in [4.69, 9.17) is 16.3 Å². The third kappa shape index (κ3) is 3.87. The topological polar surface area (TPSA) is 93.8 Å². The summed E-state index contributed by atoms with van der Waals surface area (Å²) in [6.45, 7) is 0. The van der Waals surface area contributed by atoms with Gasteiger partial charge in [-0.3, -0.25) is 14.9 Å². The zero-order chi connectivity index (χ0) is 18.7. The Morgan fingerprint density at radius 2 is 2.08 bits per heavy atom. The van der Waals surface area contributed by atoms with Crippen LogP contribution in [0, 0.1) is 10.1 Å². The molecule has 132 valence electrons. The molecule has 0 bridgehead atoms. The fraction of sp³-hybridized carbons (Fsp3) is 0.0588. The molecular weight excluding hydrogens is 378 g/mol. The number of ether oxygens (including phenoxy) is 1. The lowest BCUT2D eigenvalue weighted by atomic mass is 10.1. The maximum Gasteiger partial charge on any atom is 0.311 e. The highest BCUT2D eigenvalue weighted by molar-refractivity contribution is 8.18. The van der Waals surface area contributed by atoms with Crippen LogP contribution in [-0.4, -0.2) is 23.1 Å². The molecule has 1 N–H and O–H groups in total. The molecule has 1 fully saturated rings. The lowest BCUT2D eigenvalue weighted by molar-refractivity contribution is -0.385. The first-order valence-electron chi connectivity index (χ1n) is 7.34. The Hall–Kier alpha value is -2.84. The minimum atomic E-state index is -0.535. The Bertz CT molecular complexity index is 959. The van der Waals surface area contributed by atoms with E-state index >= 15 is 0 Å². The van der Waals surface area contributed by atoms with Crippen molar-refractivity contribution in [3.63, 3.8) is 0 Å². The van der Waals surface area contributed by atoms with Crippen molar-refractivity contribution in [1.29, 1.82) is 0 Å². The van der Waals surface area contributed by atoms with Crippen molar-refractivity contribution >= 4 is 51.9 Å². The number of hydrogen-bond acceptors (Lipinski definition) is 6. The van der Waals surface area contributed by atoms with E-state index in [0.717, 1.165) is 11.8 Å². The highest BCUT2D eigenvalue weighted by Crippen LogP contribution is 2.33. The number of amidine groups is 1.